The van der Waals surface area contributed by atoms with E-state index >= 15 is 0 Å². The van der Waals surface area contributed by atoms with Crippen LogP contribution in [0.5, 0.6) is 0 Å². The van der Waals surface area contributed by atoms with E-state index in [9.17, 15) is 0 Å². The van der Waals surface area contributed by atoms with Crippen LogP contribution in [0.2, 0.25) is 0 Å². The molecule has 232 valence electrons. The third-order valence-electron chi connectivity index (χ3n) is 10.6. The SMILES string of the molecule is c1cc(-c2ccc(-n3c4ccc5ccccc5c4c4ccc5ccccc5c43)cc2)cc(-c2ccc3c4c(cccc24)-c2ccccc2S3)c1. The molecule has 0 aliphatic carbocycles. The lowest BCUT2D eigenvalue weighted by molar-refractivity contribution is 1.19. The van der Waals surface area contributed by atoms with E-state index in [1.165, 1.54) is 97.3 Å². The van der Waals surface area contributed by atoms with Crippen molar-refractivity contribution in [1.82, 2.24) is 4.57 Å². The first-order valence-electron chi connectivity index (χ1n) is 17.2. The quantitative estimate of drug-likeness (QED) is 0.184. The normalized spacial score (nSPS) is 12.3. The number of benzene rings is 9. The standard InChI is InChI=1S/C48H29NS/c1-3-13-37-31(9-1)22-27-43-46(37)42-25-21-32-10-2-4-14-38(32)48(42)49(43)35-23-19-30(20-24-35)33-11-7-12-34(29-33)36-26-28-45-47-40(36)16-8-17-41(47)39-15-5-6-18-44(39)50-45/h1-29H. The van der Waals surface area contributed by atoms with E-state index in [1.54, 1.807) is 0 Å². The largest absolute Gasteiger partial charge is 0.309 e. The minimum atomic E-state index is 1.16. The average molecular weight is 652 g/mol. The topological polar surface area (TPSA) is 4.93 Å². The number of fused-ring (bicyclic) bond motifs is 9. The second-order valence-corrected chi connectivity index (χ2v) is 14.3. The molecule has 1 aliphatic heterocycles. The first kappa shape index (κ1) is 27.8. The van der Waals surface area contributed by atoms with E-state index in [0.717, 1.165) is 5.69 Å². The fourth-order valence-corrected chi connectivity index (χ4v) is 9.45. The van der Waals surface area contributed by atoms with Gasteiger partial charge in [0.25, 0.3) is 0 Å². The molecule has 1 aliphatic rings. The molecule has 1 nitrogen and oxygen atoms in total. The van der Waals surface area contributed by atoms with Gasteiger partial charge < -0.3 is 4.57 Å². The van der Waals surface area contributed by atoms with Crippen molar-refractivity contribution in [2.24, 2.45) is 0 Å². The number of hydrogen-bond acceptors (Lipinski definition) is 1. The molecular formula is C48H29NS. The summed E-state index contributed by atoms with van der Waals surface area (Å²) in [5.41, 5.74) is 11.2. The number of nitrogens with zero attached hydrogens (tertiary/aromatic N) is 1. The van der Waals surface area contributed by atoms with Crippen LogP contribution in [0.15, 0.2) is 186 Å². The molecule has 1 aromatic heterocycles. The van der Waals surface area contributed by atoms with E-state index in [-0.39, 0.29) is 0 Å². The van der Waals surface area contributed by atoms with Crippen LogP contribution in [-0.2, 0) is 0 Å². The predicted molar refractivity (Wildman–Crippen MR) is 214 cm³/mol. The molecule has 10 aromatic rings. The Kier molecular flexibility index (Phi) is 5.96. The van der Waals surface area contributed by atoms with E-state index in [1.807, 2.05) is 11.8 Å². The second-order valence-electron chi connectivity index (χ2n) is 13.3. The van der Waals surface area contributed by atoms with Gasteiger partial charge in [-0.2, -0.15) is 0 Å². The third kappa shape index (κ3) is 4.03. The first-order valence-corrected chi connectivity index (χ1v) is 18.0. The van der Waals surface area contributed by atoms with Crippen molar-refractivity contribution in [3.63, 3.8) is 0 Å². The highest BCUT2D eigenvalue weighted by atomic mass is 32.2. The van der Waals surface area contributed by atoms with Crippen molar-refractivity contribution in [2.75, 3.05) is 0 Å². The molecule has 0 bridgehead atoms. The van der Waals surface area contributed by atoms with Crippen LogP contribution >= 0.6 is 11.8 Å². The van der Waals surface area contributed by atoms with Crippen molar-refractivity contribution in [1.29, 1.82) is 0 Å². The molecule has 2 heterocycles. The minimum Gasteiger partial charge on any atom is -0.309 e. The summed E-state index contributed by atoms with van der Waals surface area (Å²) in [6, 6.07) is 64.9. The van der Waals surface area contributed by atoms with Gasteiger partial charge in [-0.3, -0.25) is 0 Å². The molecule has 0 amide bonds. The minimum absolute atomic E-state index is 1.16. The molecule has 50 heavy (non-hydrogen) atoms. The van der Waals surface area contributed by atoms with Gasteiger partial charge in [-0.1, -0.05) is 151 Å². The molecule has 11 rings (SSSR count). The fraction of sp³-hybridized carbons (Fsp3) is 0. The first-order chi connectivity index (χ1) is 24.8. The van der Waals surface area contributed by atoms with Gasteiger partial charge in [0.1, 0.15) is 0 Å². The fourth-order valence-electron chi connectivity index (χ4n) is 8.32. The maximum Gasteiger partial charge on any atom is 0.0619 e. The molecule has 0 radical (unpaired) electrons. The molecular weight excluding hydrogens is 623 g/mol. The monoisotopic (exact) mass is 651 g/mol. The van der Waals surface area contributed by atoms with E-state index in [4.69, 9.17) is 0 Å². The highest BCUT2D eigenvalue weighted by Gasteiger charge is 2.21. The molecule has 0 saturated carbocycles. The third-order valence-corrected chi connectivity index (χ3v) is 11.7. The Morgan fingerprint density at radius 2 is 1.06 bits per heavy atom. The van der Waals surface area contributed by atoms with Gasteiger partial charge in [-0.25, -0.2) is 0 Å². The van der Waals surface area contributed by atoms with Crippen LogP contribution in [0.4, 0.5) is 0 Å². The van der Waals surface area contributed by atoms with Crippen LogP contribution in [0.1, 0.15) is 0 Å². The maximum absolute atomic E-state index is 2.46. The Labute approximate surface area is 294 Å². The Morgan fingerprint density at radius 3 is 1.96 bits per heavy atom. The molecule has 0 spiro atoms. The summed E-state index contributed by atoms with van der Waals surface area (Å²) in [4.78, 5) is 2.66. The molecule has 2 heteroatoms. The molecule has 9 aromatic carbocycles. The van der Waals surface area contributed by atoms with Crippen molar-refractivity contribution in [2.45, 2.75) is 9.79 Å². The zero-order valence-electron chi connectivity index (χ0n) is 27.1. The zero-order chi connectivity index (χ0) is 32.8. The van der Waals surface area contributed by atoms with Crippen LogP contribution in [0.25, 0.3) is 93.2 Å². The average Bonchev–Trinajstić information content (AvgIpc) is 3.54. The Bertz CT molecular complexity index is 3000. The summed E-state index contributed by atoms with van der Waals surface area (Å²) in [5, 5.41) is 10.3. The van der Waals surface area contributed by atoms with Gasteiger partial charge in [0.05, 0.1) is 11.0 Å². The Morgan fingerprint density at radius 1 is 0.360 bits per heavy atom. The van der Waals surface area contributed by atoms with Gasteiger partial charge in [0.2, 0.25) is 0 Å². The van der Waals surface area contributed by atoms with Crippen molar-refractivity contribution >= 4 is 65.9 Å². The second kappa shape index (κ2) is 10.7. The van der Waals surface area contributed by atoms with Gasteiger partial charge >= 0.3 is 0 Å². The summed E-state index contributed by atoms with van der Waals surface area (Å²) in [6.07, 6.45) is 0. The Balaban J connectivity index is 1.05. The lowest BCUT2D eigenvalue weighted by atomic mass is 9.91. The van der Waals surface area contributed by atoms with Crippen molar-refractivity contribution < 1.29 is 0 Å². The van der Waals surface area contributed by atoms with Gasteiger partial charge in [-0.15, -0.1) is 0 Å². The van der Waals surface area contributed by atoms with Crippen LogP contribution < -0.4 is 0 Å². The summed E-state index contributed by atoms with van der Waals surface area (Å²) < 4.78 is 2.46. The molecule has 0 atom stereocenters. The van der Waals surface area contributed by atoms with Crippen molar-refractivity contribution in [3.8, 4) is 39.1 Å². The zero-order valence-corrected chi connectivity index (χ0v) is 27.9. The van der Waals surface area contributed by atoms with Gasteiger partial charge in [-0.05, 0) is 91.3 Å². The Hall–Kier alpha value is -6.09. The van der Waals surface area contributed by atoms with E-state index < -0.39 is 0 Å². The summed E-state index contributed by atoms with van der Waals surface area (Å²) in [5.74, 6) is 0. The van der Waals surface area contributed by atoms with E-state index in [0.29, 0.717) is 0 Å². The lowest BCUT2D eigenvalue weighted by Gasteiger charge is -2.21. The highest BCUT2D eigenvalue weighted by molar-refractivity contribution is 7.99. The van der Waals surface area contributed by atoms with Gasteiger partial charge in [0, 0.05) is 37.0 Å². The van der Waals surface area contributed by atoms with Crippen LogP contribution in [-0.4, -0.2) is 4.57 Å². The summed E-state index contributed by atoms with van der Waals surface area (Å²) >= 11 is 1.88. The highest BCUT2D eigenvalue weighted by Crippen LogP contribution is 2.49. The van der Waals surface area contributed by atoms with Crippen LogP contribution in [0, 0.1) is 0 Å². The number of hydrogen-bond donors (Lipinski definition) is 0. The van der Waals surface area contributed by atoms with Gasteiger partial charge in [0.15, 0.2) is 0 Å². The van der Waals surface area contributed by atoms with Crippen LogP contribution in [0.3, 0.4) is 0 Å². The number of aromatic nitrogens is 1. The molecule has 0 N–H and O–H groups in total. The summed E-state index contributed by atoms with van der Waals surface area (Å²) in [6.45, 7) is 0. The molecule has 0 fully saturated rings. The number of rotatable bonds is 3. The molecule has 0 saturated heterocycles. The van der Waals surface area contributed by atoms with E-state index in [2.05, 4.69) is 180 Å². The smallest absolute Gasteiger partial charge is 0.0619 e. The molecule has 0 unspecified atom stereocenters. The predicted octanol–water partition coefficient (Wildman–Crippen LogP) is 13.7. The lowest BCUT2D eigenvalue weighted by Crippen LogP contribution is -1.95. The van der Waals surface area contributed by atoms with Crippen molar-refractivity contribution in [3.05, 3.63) is 176 Å². The maximum atomic E-state index is 2.46. The summed E-state index contributed by atoms with van der Waals surface area (Å²) in [7, 11) is 0.